The average molecular weight is 469 g/mol. The van der Waals surface area contributed by atoms with E-state index in [2.05, 4.69) is 80.1 Å². The second kappa shape index (κ2) is 12.0. The standard InChI is InChI=1S/C27H36O5Si/c1-21(18-19-24(25(28)29)26(30)31-5)13-12-20-32-33(27(2,3)4,22-14-8-6-9-15-22)23-16-10-7-11-17-23/h6-11,13-17,24H,12,18-20H2,1-5H3,(H,28,29)/b21-13+. The highest BCUT2D eigenvalue weighted by molar-refractivity contribution is 6.99. The Morgan fingerprint density at radius 3 is 1.94 bits per heavy atom. The number of carbonyl (C=O) groups is 2. The molecule has 0 saturated carbocycles. The highest BCUT2D eigenvalue weighted by Crippen LogP contribution is 2.36. The SMILES string of the molecule is COC(=O)C(CC/C(C)=C/CCO[Si](c1ccccc1)(c1ccccc1)C(C)(C)C)C(=O)O. The number of aliphatic carboxylic acids is 1. The van der Waals surface area contributed by atoms with E-state index in [1.807, 2.05) is 19.1 Å². The summed E-state index contributed by atoms with van der Waals surface area (Å²) < 4.78 is 11.5. The van der Waals surface area contributed by atoms with Crippen molar-refractivity contribution in [3.8, 4) is 0 Å². The maximum absolute atomic E-state index is 11.7. The number of carboxylic acid groups (broad SMARTS) is 1. The molecule has 33 heavy (non-hydrogen) atoms. The second-order valence-corrected chi connectivity index (χ2v) is 13.6. The van der Waals surface area contributed by atoms with Crippen LogP contribution in [0.5, 0.6) is 0 Å². The Kier molecular flexibility index (Phi) is 9.62. The van der Waals surface area contributed by atoms with Gasteiger partial charge in [-0.3, -0.25) is 9.59 Å². The van der Waals surface area contributed by atoms with Gasteiger partial charge in [0.2, 0.25) is 0 Å². The number of benzene rings is 2. The molecule has 0 fully saturated rings. The molecule has 2 aromatic carbocycles. The molecule has 178 valence electrons. The first-order chi connectivity index (χ1) is 15.6. The van der Waals surface area contributed by atoms with Crippen LogP contribution in [0.3, 0.4) is 0 Å². The number of methoxy groups -OCH3 is 1. The lowest BCUT2D eigenvalue weighted by Crippen LogP contribution is -2.66. The molecule has 0 aliphatic carbocycles. The highest BCUT2D eigenvalue weighted by Gasteiger charge is 2.49. The van der Waals surface area contributed by atoms with Crippen molar-refractivity contribution in [2.75, 3.05) is 13.7 Å². The Morgan fingerprint density at radius 2 is 1.52 bits per heavy atom. The first-order valence-electron chi connectivity index (χ1n) is 11.3. The normalized spacial score (nSPS) is 13.4. The molecule has 0 heterocycles. The molecule has 5 nitrogen and oxygen atoms in total. The van der Waals surface area contributed by atoms with Crippen molar-refractivity contribution < 1.29 is 23.9 Å². The van der Waals surface area contributed by atoms with Crippen molar-refractivity contribution in [2.45, 2.75) is 52.0 Å². The fourth-order valence-corrected chi connectivity index (χ4v) is 8.82. The van der Waals surface area contributed by atoms with Crippen LogP contribution < -0.4 is 10.4 Å². The average Bonchev–Trinajstić information content (AvgIpc) is 2.79. The third-order valence-corrected chi connectivity index (χ3v) is 11.0. The zero-order valence-electron chi connectivity index (χ0n) is 20.3. The minimum Gasteiger partial charge on any atom is -0.481 e. The third-order valence-electron chi connectivity index (χ3n) is 5.96. The van der Waals surface area contributed by atoms with Crippen molar-refractivity contribution >= 4 is 30.6 Å². The highest BCUT2D eigenvalue weighted by atomic mass is 28.4. The first-order valence-corrected chi connectivity index (χ1v) is 13.3. The van der Waals surface area contributed by atoms with Crippen LogP contribution in [0, 0.1) is 5.92 Å². The minimum atomic E-state index is -2.56. The fraction of sp³-hybridized carbons (Fsp3) is 0.407. The molecule has 0 amide bonds. The van der Waals surface area contributed by atoms with Crippen molar-refractivity contribution in [1.29, 1.82) is 0 Å². The number of hydrogen-bond acceptors (Lipinski definition) is 4. The predicted molar refractivity (Wildman–Crippen MR) is 134 cm³/mol. The van der Waals surface area contributed by atoms with Crippen LogP contribution in [-0.4, -0.2) is 39.1 Å². The fourth-order valence-electron chi connectivity index (χ4n) is 4.24. The number of hydrogen-bond donors (Lipinski definition) is 1. The van der Waals surface area contributed by atoms with Crippen LogP contribution in [0.1, 0.15) is 47.0 Å². The molecule has 0 radical (unpaired) electrons. The van der Waals surface area contributed by atoms with Gasteiger partial charge in [-0.25, -0.2) is 0 Å². The van der Waals surface area contributed by atoms with E-state index in [1.54, 1.807) is 0 Å². The molecule has 2 rings (SSSR count). The molecule has 0 aliphatic heterocycles. The Bertz CT molecular complexity index is 892. The summed E-state index contributed by atoms with van der Waals surface area (Å²) in [6, 6.07) is 21.0. The summed E-state index contributed by atoms with van der Waals surface area (Å²) >= 11 is 0. The van der Waals surface area contributed by atoms with Gasteiger partial charge in [0.1, 0.15) is 0 Å². The largest absolute Gasteiger partial charge is 0.481 e. The van der Waals surface area contributed by atoms with Gasteiger partial charge in [-0.15, -0.1) is 0 Å². The molecule has 0 spiro atoms. The molecule has 0 aromatic heterocycles. The molecule has 2 aromatic rings. The van der Waals surface area contributed by atoms with E-state index in [4.69, 9.17) is 4.43 Å². The number of allylic oxidation sites excluding steroid dienone is 1. The van der Waals surface area contributed by atoms with Crippen LogP contribution in [0.25, 0.3) is 0 Å². The van der Waals surface area contributed by atoms with E-state index in [-0.39, 0.29) is 11.5 Å². The molecule has 0 aliphatic rings. The quantitative estimate of drug-likeness (QED) is 0.172. The lowest BCUT2D eigenvalue weighted by Gasteiger charge is -2.43. The third kappa shape index (κ3) is 6.65. The van der Waals surface area contributed by atoms with E-state index in [0.717, 1.165) is 5.57 Å². The van der Waals surface area contributed by atoms with Crippen LogP contribution >= 0.6 is 0 Å². The number of rotatable bonds is 11. The lowest BCUT2D eigenvalue weighted by atomic mass is 10.00. The summed E-state index contributed by atoms with van der Waals surface area (Å²) in [5, 5.41) is 11.7. The van der Waals surface area contributed by atoms with Gasteiger partial charge >= 0.3 is 11.9 Å². The van der Waals surface area contributed by atoms with E-state index < -0.39 is 26.2 Å². The summed E-state index contributed by atoms with van der Waals surface area (Å²) in [7, 11) is -1.35. The van der Waals surface area contributed by atoms with Crippen LogP contribution in [0.2, 0.25) is 5.04 Å². The smallest absolute Gasteiger partial charge is 0.320 e. The number of ether oxygens (including phenoxy) is 1. The number of carboxylic acids is 1. The van der Waals surface area contributed by atoms with Gasteiger partial charge in [-0.05, 0) is 41.6 Å². The second-order valence-electron chi connectivity index (χ2n) is 9.30. The van der Waals surface area contributed by atoms with Gasteiger partial charge < -0.3 is 14.3 Å². The van der Waals surface area contributed by atoms with Gasteiger partial charge in [-0.2, -0.15) is 0 Å². The molecule has 0 saturated heterocycles. The number of carbonyl (C=O) groups excluding carboxylic acids is 1. The maximum Gasteiger partial charge on any atom is 0.320 e. The Hall–Kier alpha value is -2.70. The van der Waals surface area contributed by atoms with Gasteiger partial charge in [-0.1, -0.05) is 93.1 Å². The van der Waals surface area contributed by atoms with Gasteiger partial charge in [0.05, 0.1) is 7.11 Å². The zero-order chi connectivity index (χ0) is 24.5. The van der Waals surface area contributed by atoms with E-state index >= 15 is 0 Å². The Labute approximate surface area is 198 Å². The summed E-state index contributed by atoms with van der Waals surface area (Å²) in [5.41, 5.74) is 1.04. The first kappa shape index (κ1) is 26.5. The molecule has 6 heteroatoms. The summed E-state index contributed by atoms with van der Waals surface area (Å²) in [5.74, 6) is -2.98. The molecular formula is C27H36O5Si. The summed E-state index contributed by atoms with van der Waals surface area (Å²) in [6.45, 7) is 9.26. The van der Waals surface area contributed by atoms with E-state index in [0.29, 0.717) is 19.4 Å². The molecule has 1 unspecified atom stereocenters. The van der Waals surface area contributed by atoms with Gasteiger partial charge in [0.25, 0.3) is 8.32 Å². The van der Waals surface area contributed by atoms with Gasteiger partial charge in [0, 0.05) is 6.61 Å². The van der Waals surface area contributed by atoms with Crippen molar-refractivity contribution in [1.82, 2.24) is 0 Å². The maximum atomic E-state index is 11.7. The zero-order valence-corrected chi connectivity index (χ0v) is 21.3. The van der Waals surface area contributed by atoms with Crippen molar-refractivity contribution in [3.63, 3.8) is 0 Å². The molecule has 1 atom stereocenters. The predicted octanol–water partition coefficient (Wildman–Crippen LogP) is 4.55. The topological polar surface area (TPSA) is 72.8 Å². The monoisotopic (exact) mass is 468 g/mol. The molecule has 0 bridgehead atoms. The summed E-state index contributed by atoms with van der Waals surface area (Å²) in [4.78, 5) is 23.0. The minimum absolute atomic E-state index is 0.0797. The van der Waals surface area contributed by atoms with Crippen LogP contribution in [0.4, 0.5) is 0 Å². The van der Waals surface area contributed by atoms with E-state index in [9.17, 15) is 14.7 Å². The van der Waals surface area contributed by atoms with Crippen LogP contribution in [-0.2, 0) is 18.8 Å². The molecule has 1 N–H and O–H groups in total. The lowest BCUT2D eigenvalue weighted by molar-refractivity contribution is -0.156. The number of esters is 1. The van der Waals surface area contributed by atoms with Crippen molar-refractivity contribution in [3.05, 3.63) is 72.3 Å². The summed E-state index contributed by atoms with van der Waals surface area (Å²) in [6.07, 6.45) is 3.53. The van der Waals surface area contributed by atoms with Crippen LogP contribution in [0.15, 0.2) is 72.3 Å². The van der Waals surface area contributed by atoms with Crippen molar-refractivity contribution in [2.24, 2.45) is 5.92 Å². The Balaban J connectivity index is 2.17. The Morgan fingerprint density at radius 1 is 1.00 bits per heavy atom. The molecular weight excluding hydrogens is 432 g/mol. The van der Waals surface area contributed by atoms with E-state index in [1.165, 1.54) is 17.5 Å². The van der Waals surface area contributed by atoms with Gasteiger partial charge in [0.15, 0.2) is 5.92 Å².